The van der Waals surface area contributed by atoms with Gasteiger partial charge in [0.15, 0.2) is 0 Å². The molecule has 0 spiro atoms. The topological polar surface area (TPSA) is 93.1 Å². The molecule has 0 fully saturated rings. The Balaban J connectivity index is 2.50. The summed E-state index contributed by atoms with van der Waals surface area (Å²) >= 11 is 0. The third-order valence-electron chi connectivity index (χ3n) is 2.16. The molecule has 84 valence electrons. The fourth-order valence-electron chi connectivity index (χ4n) is 1.44. The van der Waals surface area contributed by atoms with Crippen LogP contribution in [0, 0.1) is 10.1 Å². The summed E-state index contributed by atoms with van der Waals surface area (Å²) in [5, 5.41) is 10.9. The Labute approximate surface area is 91.0 Å². The van der Waals surface area contributed by atoms with Crippen LogP contribution in [0.25, 0.3) is 10.9 Å². The summed E-state index contributed by atoms with van der Waals surface area (Å²) in [7, 11) is -3.84. The number of hydrogen-bond donors (Lipinski definition) is 1. The number of nitrogens with one attached hydrogen (secondary N) is 1. The molecule has 1 aromatic carbocycles. The summed E-state index contributed by atoms with van der Waals surface area (Å²) < 4.78 is 23.1. The number of hydrogen-bond acceptors (Lipinski definition) is 4. The van der Waals surface area contributed by atoms with Crippen molar-refractivity contribution in [3.05, 3.63) is 40.6 Å². The molecule has 0 amide bonds. The van der Waals surface area contributed by atoms with E-state index in [0.29, 0.717) is 5.39 Å². The number of H-pyrrole nitrogens is 1. The van der Waals surface area contributed by atoms with Crippen molar-refractivity contribution < 1.29 is 13.3 Å². The van der Waals surface area contributed by atoms with Crippen molar-refractivity contribution >= 4 is 20.7 Å². The van der Waals surface area contributed by atoms with Crippen LogP contribution in [0.4, 0.5) is 0 Å². The molecule has 16 heavy (non-hydrogen) atoms. The zero-order chi connectivity index (χ0) is 11.8. The van der Waals surface area contributed by atoms with E-state index in [1.165, 1.54) is 12.1 Å². The molecule has 1 heterocycles. The number of sulfone groups is 1. The first-order chi connectivity index (χ1) is 7.49. The predicted octanol–water partition coefficient (Wildman–Crippen LogP) is 1.18. The lowest BCUT2D eigenvalue weighted by Crippen LogP contribution is -2.14. The van der Waals surface area contributed by atoms with E-state index in [9.17, 15) is 18.5 Å². The molecule has 0 aliphatic rings. The number of aromatic amines is 1. The normalized spacial score (nSPS) is 11.8. The van der Waals surface area contributed by atoms with Gasteiger partial charge < -0.3 is 4.98 Å². The van der Waals surface area contributed by atoms with Crippen LogP contribution in [0.15, 0.2) is 35.4 Å². The molecule has 0 saturated carbocycles. The van der Waals surface area contributed by atoms with Gasteiger partial charge in [0.25, 0.3) is 0 Å². The van der Waals surface area contributed by atoms with Crippen molar-refractivity contribution in [1.29, 1.82) is 0 Å². The lowest BCUT2D eigenvalue weighted by molar-refractivity contribution is -0.458. The molecule has 0 radical (unpaired) electrons. The van der Waals surface area contributed by atoms with Crippen LogP contribution in [-0.2, 0) is 9.84 Å². The fourth-order valence-corrected chi connectivity index (χ4v) is 2.45. The number of nitro groups is 1. The average molecular weight is 240 g/mol. The van der Waals surface area contributed by atoms with E-state index >= 15 is 0 Å². The SMILES string of the molecule is O=[N+]([O-])CS(=O)(=O)c1ccc2[nH]ccc2c1. The maximum atomic E-state index is 11.6. The number of nitrogens with zero attached hydrogens (tertiary/aromatic N) is 1. The zero-order valence-corrected chi connectivity index (χ0v) is 8.90. The summed E-state index contributed by atoms with van der Waals surface area (Å²) in [6.07, 6.45) is 1.68. The van der Waals surface area contributed by atoms with Gasteiger partial charge in [-0.05, 0) is 24.3 Å². The molecular formula is C9H8N2O4S. The first-order valence-electron chi connectivity index (χ1n) is 4.41. The van der Waals surface area contributed by atoms with E-state index in [1.807, 2.05) is 0 Å². The Hall–Kier alpha value is -1.89. The lowest BCUT2D eigenvalue weighted by atomic mass is 10.2. The highest BCUT2D eigenvalue weighted by Crippen LogP contribution is 2.18. The molecule has 0 aliphatic heterocycles. The van der Waals surface area contributed by atoms with Crippen molar-refractivity contribution in [1.82, 2.24) is 4.98 Å². The molecular weight excluding hydrogens is 232 g/mol. The molecule has 0 aliphatic carbocycles. The highest BCUT2D eigenvalue weighted by Gasteiger charge is 2.21. The molecule has 0 unspecified atom stereocenters. The standard InChI is InChI=1S/C9H8N2O4S/c12-11(13)6-16(14,15)8-1-2-9-7(5-8)3-4-10-9/h1-5,10H,6H2. The maximum Gasteiger partial charge on any atom is 0.305 e. The van der Waals surface area contributed by atoms with Gasteiger partial charge in [0.1, 0.15) is 0 Å². The van der Waals surface area contributed by atoms with Crippen LogP contribution in [0.5, 0.6) is 0 Å². The summed E-state index contributed by atoms with van der Waals surface area (Å²) in [5.74, 6) is -1.08. The molecule has 0 bridgehead atoms. The first kappa shape index (κ1) is 10.6. The smallest absolute Gasteiger partial charge is 0.305 e. The Morgan fingerprint density at radius 2 is 2.06 bits per heavy atom. The van der Waals surface area contributed by atoms with Crippen LogP contribution in [0.3, 0.4) is 0 Å². The van der Waals surface area contributed by atoms with E-state index in [1.54, 1.807) is 18.3 Å². The van der Waals surface area contributed by atoms with Gasteiger partial charge in [0.2, 0.25) is 9.84 Å². The van der Waals surface area contributed by atoms with E-state index < -0.39 is 20.6 Å². The average Bonchev–Trinajstić information content (AvgIpc) is 2.61. The van der Waals surface area contributed by atoms with Crippen LogP contribution < -0.4 is 0 Å². The number of fused-ring (bicyclic) bond motifs is 1. The Morgan fingerprint density at radius 3 is 2.75 bits per heavy atom. The highest BCUT2D eigenvalue weighted by molar-refractivity contribution is 7.91. The van der Waals surface area contributed by atoms with E-state index in [4.69, 9.17) is 0 Å². The second-order valence-corrected chi connectivity index (χ2v) is 5.26. The van der Waals surface area contributed by atoms with Gasteiger partial charge in [0.05, 0.1) is 4.90 Å². The molecule has 7 heteroatoms. The van der Waals surface area contributed by atoms with Crippen molar-refractivity contribution in [3.8, 4) is 0 Å². The monoisotopic (exact) mass is 240 g/mol. The number of aromatic nitrogens is 1. The molecule has 0 atom stereocenters. The van der Waals surface area contributed by atoms with Gasteiger partial charge in [-0.1, -0.05) is 0 Å². The molecule has 2 rings (SSSR count). The number of rotatable bonds is 3. The van der Waals surface area contributed by atoms with E-state index in [2.05, 4.69) is 4.98 Å². The number of benzene rings is 1. The van der Waals surface area contributed by atoms with E-state index in [0.717, 1.165) is 5.52 Å². The second kappa shape index (κ2) is 3.60. The molecule has 2 aromatic rings. The van der Waals surface area contributed by atoms with Gasteiger partial charge in [-0.25, -0.2) is 8.42 Å². The summed E-state index contributed by atoms with van der Waals surface area (Å²) in [6, 6.07) is 6.07. The maximum absolute atomic E-state index is 11.6. The van der Waals surface area contributed by atoms with Crippen LogP contribution in [0.2, 0.25) is 0 Å². The van der Waals surface area contributed by atoms with Gasteiger partial charge >= 0.3 is 5.88 Å². The van der Waals surface area contributed by atoms with Crippen molar-refractivity contribution in [3.63, 3.8) is 0 Å². The molecule has 0 saturated heterocycles. The van der Waals surface area contributed by atoms with Crippen molar-refractivity contribution in [2.45, 2.75) is 4.90 Å². The highest BCUT2D eigenvalue weighted by atomic mass is 32.2. The first-order valence-corrected chi connectivity index (χ1v) is 6.06. The fraction of sp³-hybridized carbons (Fsp3) is 0.111. The summed E-state index contributed by atoms with van der Waals surface area (Å²) in [4.78, 5) is 12.3. The molecule has 1 aromatic heterocycles. The van der Waals surface area contributed by atoms with Gasteiger partial charge in [-0.3, -0.25) is 10.1 Å². The zero-order valence-electron chi connectivity index (χ0n) is 8.08. The predicted molar refractivity (Wildman–Crippen MR) is 57.3 cm³/mol. The Kier molecular flexibility index (Phi) is 2.39. The Bertz CT molecular complexity index is 644. The van der Waals surface area contributed by atoms with Crippen molar-refractivity contribution in [2.24, 2.45) is 0 Å². The van der Waals surface area contributed by atoms with Crippen LogP contribution >= 0.6 is 0 Å². The molecule has 1 N–H and O–H groups in total. The summed E-state index contributed by atoms with van der Waals surface area (Å²) in [5.41, 5.74) is 0.792. The van der Waals surface area contributed by atoms with Gasteiger partial charge in [-0.2, -0.15) is 0 Å². The Morgan fingerprint density at radius 1 is 1.31 bits per heavy atom. The second-order valence-electron chi connectivity index (χ2n) is 3.30. The summed E-state index contributed by atoms with van der Waals surface area (Å²) in [6.45, 7) is 0. The minimum atomic E-state index is -3.84. The van der Waals surface area contributed by atoms with Gasteiger partial charge in [0, 0.05) is 22.0 Å². The minimum Gasteiger partial charge on any atom is -0.361 e. The quantitative estimate of drug-likeness (QED) is 0.643. The third kappa shape index (κ3) is 1.89. The lowest BCUT2D eigenvalue weighted by Gasteiger charge is -1.99. The largest absolute Gasteiger partial charge is 0.361 e. The van der Waals surface area contributed by atoms with Crippen molar-refractivity contribution in [2.75, 3.05) is 5.88 Å². The van der Waals surface area contributed by atoms with Crippen LogP contribution in [0.1, 0.15) is 0 Å². The third-order valence-corrected chi connectivity index (χ3v) is 3.68. The van der Waals surface area contributed by atoms with Crippen LogP contribution in [-0.4, -0.2) is 24.2 Å². The molecule has 6 nitrogen and oxygen atoms in total. The van der Waals surface area contributed by atoms with E-state index in [-0.39, 0.29) is 4.90 Å². The minimum absolute atomic E-state index is 0.0312. The van der Waals surface area contributed by atoms with Gasteiger partial charge in [-0.15, -0.1) is 0 Å².